The highest BCUT2D eigenvalue weighted by molar-refractivity contribution is 6.46. The van der Waals surface area contributed by atoms with Crippen molar-refractivity contribution in [3.8, 4) is 5.75 Å². The smallest absolute Gasteiger partial charge is 0.295 e. The fraction of sp³-hybridized carbons (Fsp3) is 0.385. The number of aliphatic hydroxyl groups excluding tert-OH is 1. The molecular weight excluding hydrogens is 450 g/mol. The summed E-state index contributed by atoms with van der Waals surface area (Å²) < 4.78 is 5.78. The minimum absolute atomic E-state index is 0.0401. The minimum atomic E-state index is -0.864. The van der Waals surface area contributed by atoms with E-state index in [4.69, 9.17) is 4.74 Å². The Labute approximate surface area is 204 Å². The van der Waals surface area contributed by atoms with Gasteiger partial charge in [0, 0.05) is 30.8 Å². The third-order valence-electron chi connectivity index (χ3n) is 5.95. The summed E-state index contributed by atoms with van der Waals surface area (Å²) in [6.07, 6.45) is 1.93. The summed E-state index contributed by atoms with van der Waals surface area (Å²) in [6.45, 7) is 5.26. The molecule has 2 aromatic rings. The molecule has 1 aliphatic heterocycles. The van der Waals surface area contributed by atoms with Gasteiger partial charge in [0.05, 0.1) is 23.1 Å². The zero-order chi connectivity index (χ0) is 25.7. The number of likely N-dealkylation sites (tertiary alicyclic amines) is 1. The van der Waals surface area contributed by atoms with Gasteiger partial charge in [0.2, 0.25) is 0 Å². The maximum atomic E-state index is 13.1. The molecule has 0 spiro atoms. The fourth-order valence-corrected chi connectivity index (χ4v) is 3.98. The van der Waals surface area contributed by atoms with Crippen LogP contribution in [0.5, 0.6) is 5.75 Å². The van der Waals surface area contributed by atoms with Crippen LogP contribution in [0.1, 0.15) is 42.5 Å². The number of ketones is 1. The number of non-ortho nitro benzene ring substituents is 1. The highest BCUT2D eigenvalue weighted by Gasteiger charge is 2.46. The number of benzene rings is 2. The molecule has 0 unspecified atom stereocenters. The second kappa shape index (κ2) is 11.1. The van der Waals surface area contributed by atoms with Crippen molar-refractivity contribution in [2.75, 3.05) is 33.8 Å². The molecule has 0 aromatic heterocycles. The number of unbranched alkanes of at least 4 members (excludes halogenated alkanes) is 1. The van der Waals surface area contributed by atoms with Crippen molar-refractivity contribution in [3.05, 3.63) is 74.8 Å². The van der Waals surface area contributed by atoms with Crippen molar-refractivity contribution >= 4 is 23.1 Å². The summed E-state index contributed by atoms with van der Waals surface area (Å²) in [5.41, 5.74) is 1.54. The number of hydrogen-bond donors (Lipinski definition) is 1. The number of rotatable bonds is 10. The van der Waals surface area contributed by atoms with E-state index in [-0.39, 0.29) is 23.6 Å². The molecule has 0 saturated carbocycles. The van der Waals surface area contributed by atoms with Gasteiger partial charge in [0.25, 0.3) is 17.4 Å². The number of nitrogens with zero attached hydrogens (tertiary/aromatic N) is 3. The van der Waals surface area contributed by atoms with E-state index in [1.165, 1.54) is 29.2 Å². The van der Waals surface area contributed by atoms with Crippen molar-refractivity contribution in [2.45, 2.75) is 32.7 Å². The fourth-order valence-electron chi connectivity index (χ4n) is 3.98. The molecule has 186 valence electrons. The number of carbonyl (C=O) groups is 2. The lowest BCUT2D eigenvalue weighted by Gasteiger charge is -2.26. The van der Waals surface area contributed by atoms with Gasteiger partial charge < -0.3 is 19.6 Å². The number of aliphatic hydroxyl groups is 1. The second-order valence-corrected chi connectivity index (χ2v) is 8.83. The largest absolute Gasteiger partial charge is 0.507 e. The Hall–Kier alpha value is -3.72. The van der Waals surface area contributed by atoms with Crippen molar-refractivity contribution in [1.29, 1.82) is 0 Å². The lowest BCUT2D eigenvalue weighted by molar-refractivity contribution is -0.384. The van der Waals surface area contributed by atoms with E-state index >= 15 is 0 Å². The van der Waals surface area contributed by atoms with Gasteiger partial charge in [-0.25, -0.2) is 0 Å². The summed E-state index contributed by atoms with van der Waals surface area (Å²) in [7, 11) is 3.70. The Balaban J connectivity index is 2.06. The first-order chi connectivity index (χ1) is 16.6. The number of likely N-dealkylation sites (N-methyl/N-ethyl adjacent to an activating group) is 1. The number of hydrogen-bond acceptors (Lipinski definition) is 7. The molecule has 35 heavy (non-hydrogen) atoms. The van der Waals surface area contributed by atoms with Gasteiger partial charge in [-0.1, -0.05) is 13.3 Å². The molecule has 2 aromatic carbocycles. The Morgan fingerprint density at radius 2 is 1.86 bits per heavy atom. The molecular formula is C26H31N3O6. The van der Waals surface area contributed by atoms with Crippen molar-refractivity contribution in [3.63, 3.8) is 0 Å². The zero-order valence-corrected chi connectivity index (χ0v) is 20.5. The molecule has 1 amide bonds. The van der Waals surface area contributed by atoms with Gasteiger partial charge in [-0.05, 0) is 68.9 Å². The lowest BCUT2D eigenvalue weighted by Crippen LogP contribution is -2.35. The quantitative estimate of drug-likeness (QED) is 0.136. The topological polar surface area (TPSA) is 113 Å². The van der Waals surface area contributed by atoms with Crippen LogP contribution < -0.4 is 4.74 Å². The molecule has 3 rings (SSSR count). The van der Waals surface area contributed by atoms with Gasteiger partial charge >= 0.3 is 0 Å². The third-order valence-corrected chi connectivity index (χ3v) is 5.95. The van der Waals surface area contributed by atoms with Crippen LogP contribution in [0.15, 0.2) is 48.0 Å². The van der Waals surface area contributed by atoms with E-state index in [0.717, 1.165) is 18.4 Å². The van der Waals surface area contributed by atoms with E-state index in [0.29, 0.717) is 30.0 Å². The minimum Gasteiger partial charge on any atom is -0.507 e. The Kier molecular flexibility index (Phi) is 8.24. The molecule has 1 atom stereocenters. The predicted octanol–water partition coefficient (Wildman–Crippen LogP) is 4.07. The van der Waals surface area contributed by atoms with Crippen LogP contribution in [0.3, 0.4) is 0 Å². The van der Waals surface area contributed by atoms with Crippen molar-refractivity contribution < 1.29 is 24.4 Å². The Morgan fingerprint density at radius 3 is 2.43 bits per heavy atom. The van der Waals surface area contributed by atoms with E-state index in [2.05, 4.69) is 6.92 Å². The number of amides is 1. The average Bonchev–Trinajstić information content (AvgIpc) is 3.08. The zero-order valence-electron chi connectivity index (χ0n) is 20.5. The first-order valence-electron chi connectivity index (χ1n) is 11.6. The van der Waals surface area contributed by atoms with Crippen LogP contribution in [0.25, 0.3) is 5.76 Å². The summed E-state index contributed by atoms with van der Waals surface area (Å²) in [4.78, 5) is 40.0. The highest BCUT2D eigenvalue weighted by Crippen LogP contribution is 2.40. The van der Waals surface area contributed by atoms with E-state index in [1.54, 1.807) is 18.2 Å². The van der Waals surface area contributed by atoms with E-state index in [9.17, 15) is 24.8 Å². The standard InChI is InChI=1S/C26H31N3O6/c1-5-6-15-35-21-12-9-19(16-17(21)2)24(30)22-23(18-7-10-20(11-8-18)29(33)34)28(14-13-27(3)4)26(32)25(22)31/h7-12,16,23,30H,5-6,13-15H2,1-4H3/t23-/m0/s1. The van der Waals surface area contributed by atoms with Crippen LogP contribution >= 0.6 is 0 Å². The van der Waals surface area contributed by atoms with Crippen LogP contribution in [0.2, 0.25) is 0 Å². The number of nitro benzene ring substituents is 1. The van der Waals surface area contributed by atoms with Gasteiger partial charge in [-0.3, -0.25) is 19.7 Å². The summed E-state index contributed by atoms with van der Waals surface area (Å²) in [5.74, 6) is -1.10. The van der Waals surface area contributed by atoms with Crippen LogP contribution in [0, 0.1) is 17.0 Å². The Bertz CT molecular complexity index is 1140. The molecule has 9 nitrogen and oxygen atoms in total. The number of Topliss-reactive ketones (excluding diaryl/α,β-unsaturated/α-hetero) is 1. The van der Waals surface area contributed by atoms with Crippen LogP contribution in [-0.2, 0) is 9.59 Å². The summed E-state index contributed by atoms with van der Waals surface area (Å²) in [5, 5.41) is 22.3. The first-order valence-corrected chi connectivity index (χ1v) is 11.6. The predicted molar refractivity (Wildman–Crippen MR) is 132 cm³/mol. The molecule has 0 radical (unpaired) electrons. The maximum absolute atomic E-state index is 13.1. The number of aryl methyl sites for hydroxylation is 1. The van der Waals surface area contributed by atoms with E-state index < -0.39 is 22.7 Å². The molecule has 9 heteroatoms. The number of nitro groups is 1. The van der Waals surface area contributed by atoms with Gasteiger partial charge in [-0.2, -0.15) is 0 Å². The number of ether oxygens (including phenoxy) is 1. The van der Waals surface area contributed by atoms with Crippen LogP contribution in [0.4, 0.5) is 5.69 Å². The van der Waals surface area contributed by atoms with Gasteiger partial charge in [0.15, 0.2) is 0 Å². The van der Waals surface area contributed by atoms with Crippen molar-refractivity contribution in [1.82, 2.24) is 9.80 Å². The molecule has 1 N–H and O–H groups in total. The van der Waals surface area contributed by atoms with Crippen molar-refractivity contribution in [2.24, 2.45) is 0 Å². The normalized spacial score (nSPS) is 17.3. The third kappa shape index (κ3) is 5.68. The summed E-state index contributed by atoms with van der Waals surface area (Å²) in [6, 6.07) is 9.93. The second-order valence-electron chi connectivity index (χ2n) is 8.83. The summed E-state index contributed by atoms with van der Waals surface area (Å²) >= 11 is 0. The highest BCUT2D eigenvalue weighted by atomic mass is 16.6. The van der Waals surface area contributed by atoms with Gasteiger partial charge in [0.1, 0.15) is 11.5 Å². The first kappa shape index (κ1) is 25.9. The lowest BCUT2D eigenvalue weighted by atomic mass is 9.94. The van der Waals surface area contributed by atoms with Gasteiger partial charge in [-0.15, -0.1) is 0 Å². The monoisotopic (exact) mass is 481 g/mol. The van der Waals surface area contributed by atoms with Crippen LogP contribution in [-0.4, -0.2) is 65.3 Å². The molecule has 0 bridgehead atoms. The molecule has 1 heterocycles. The molecule has 1 aliphatic rings. The van der Waals surface area contributed by atoms with E-state index in [1.807, 2.05) is 25.9 Å². The average molecular weight is 482 g/mol. The molecule has 0 aliphatic carbocycles. The molecule has 1 saturated heterocycles. The molecule has 1 fully saturated rings. The number of carbonyl (C=O) groups excluding carboxylic acids is 2. The maximum Gasteiger partial charge on any atom is 0.295 e. The Morgan fingerprint density at radius 1 is 1.17 bits per heavy atom. The SMILES string of the molecule is CCCCOc1ccc(C(O)=C2C(=O)C(=O)N(CCN(C)C)[C@H]2c2ccc([N+](=O)[O-])cc2)cc1C.